The Morgan fingerprint density at radius 1 is 1.67 bits per heavy atom. The lowest BCUT2D eigenvalue weighted by atomic mass is 10.2. The second kappa shape index (κ2) is 6.20. The van der Waals surface area contributed by atoms with Crippen molar-refractivity contribution in [1.82, 2.24) is 4.90 Å². The van der Waals surface area contributed by atoms with Gasteiger partial charge in [0, 0.05) is 23.9 Å². The third-order valence-corrected chi connectivity index (χ3v) is 3.49. The summed E-state index contributed by atoms with van der Waals surface area (Å²) >= 11 is 6.74. The van der Waals surface area contributed by atoms with E-state index in [9.17, 15) is 0 Å². The molecular formula is C11H18N2S2. The molecule has 15 heavy (non-hydrogen) atoms. The topological polar surface area (TPSA) is 29.3 Å². The van der Waals surface area contributed by atoms with Gasteiger partial charge < -0.3 is 5.73 Å². The zero-order valence-corrected chi connectivity index (χ0v) is 10.9. The highest BCUT2D eigenvalue weighted by Gasteiger charge is 2.13. The molecule has 84 valence electrons. The van der Waals surface area contributed by atoms with Crippen LogP contribution in [0.3, 0.4) is 0 Å². The highest BCUT2D eigenvalue weighted by molar-refractivity contribution is 7.80. The van der Waals surface area contributed by atoms with E-state index in [4.69, 9.17) is 18.0 Å². The second-order valence-corrected chi connectivity index (χ2v) is 5.22. The molecule has 1 heterocycles. The molecule has 0 radical (unpaired) electrons. The van der Waals surface area contributed by atoms with Gasteiger partial charge in [-0.1, -0.05) is 25.2 Å². The fraction of sp³-hybridized carbons (Fsp3) is 0.545. The Labute approximate surface area is 101 Å². The van der Waals surface area contributed by atoms with E-state index in [1.165, 1.54) is 4.88 Å². The maximum Gasteiger partial charge on any atom is 0.0742 e. The minimum Gasteiger partial charge on any atom is -0.393 e. The van der Waals surface area contributed by atoms with Crippen molar-refractivity contribution < 1.29 is 0 Å². The van der Waals surface area contributed by atoms with E-state index in [0.717, 1.165) is 19.5 Å². The summed E-state index contributed by atoms with van der Waals surface area (Å²) in [7, 11) is 0. The first-order valence-electron chi connectivity index (χ1n) is 5.18. The van der Waals surface area contributed by atoms with Crippen LogP contribution in [0.4, 0.5) is 0 Å². The molecule has 0 bridgehead atoms. The van der Waals surface area contributed by atoms with E-state index in [2.05, 4.69) is 36.3 Å². The Balaban J connectivity index is 2.51. The third kappa shape index (κ3) is 4.28. The lowest BCUT2D eigenvalue weighted by molar-refractivity contribution is 0.218. The molecule has 4 heteroatoms. The average molecular weight is 242 g/mol. The lowest BCUT2D eigenvalue weighted by Gasteiger charge is -2.26. The van der Waals surface area contributed by atoms with Crippen LogP contribution < -0.4 is 5.73 Å². The molecule has 2 N–H and O–H groups in total. The normalized spacial score (nSPS) is 13.0. The van der Waals surface area contributed by atoms with Crippen LogP contribution in [-0.4, -0.2) is 22.5 Å². The van der Waals surface area contributed by atoms with Gasteiger partial charge in [-0.2, -0.15) is 0 Å². The van der Waals surface area contributed by atoms with Crippen molar-refractivity contribution in [3.05, 3.63) is 22.4 Å². The van der Waals surface area contributed by atoms with Gasteiger partial charge in [0.15, 0.2) is 0 Å². The molecule has 2 nitrogen and oxygen atoms in total. The van der Waals surface area contributed by atoms with Crippen molar-refractivity contribution in [2.45, 2.75) is 32.9 Å². The van der Waals surface area contributed by atoms with Crippen molar-refractivity contribution in [1.29, 1.82) is 0 Å². The second-order valence-electron chi connectivity index (χ2n) is 3.66. The van der Waals surface area contributed by atoms with E-state index in [-0.39, 0.29) is 0 Å². The summed E-state index contributed by atoms with van der Waals surface area (Å²) in [6.45, 7) is 6.37. The van der Waals surface area contributed by atoms with Gasteiger partial charge in [0.1, 0.15) is 0 Å². The number of hydrogen-bond acceptors (Lipinski definition) is 3. The van der Waals surface area contributed by atoms with Gasteiger partial charge in [0.25, 0.3) is 0 Å². The standard InChI is InChI=1S/C11H18N2S2/c1-3-13(9(2)7-11(12)14)8-10-5-4-6-15-10/h4-6,9H,3,7-8H2,1-2H3,(H2,12,14). The number of rotatable bonds is 6. The molecule has 0 amide bonds. The summed E-state index contributed by atoms with van der Waals surface area (Å²) in [6.07, 6.45) is 0.800. The molecule has 0 spiro atoms. The monoisotopic (exact) mass is 242 g/mol. The van der Waals surface area contributed by atoms with Gasteiger partial charge in [-0.05, 0) is 24.9 Å². The van der Waals surface area contributed by atoms with Crippen LogP contribution in [-0.2, 0) is 6.54 Å². The van der Waals surface area contributed by atoms with E-state index in [0.29, 0.717) is 11.0 Å². The maximum absolute atomic E-state index is 5.57. The summed E-state index contributed by atoms with van der Waals surface area (Å²) < 4.78 is 0. The predicted molar refractivity (Wildman–Crippen MR) is 71.3 cm³/mol. The van der Waals surface area contributed by atoms with Gasteiger partial charge >= 0.3 is 0 Å². The first kappa shape index (κ1) is 12.6. The molecule has 0 fully saturated rings. The first-order chi connectivity index (χ1) is 7.13. The predicted octanol–water partition coefficient (Wildman–Crippen LogP) is 2.63. The lowest BCUT2D eigenvalue weighted by Crippen LogP contribution is -2.34. The van der Waals surface area contributed by atoms with Gasteiger partial charge in [0.05, 0.1) is 4.99 Å². The van der Waals surface area contributed by atoms with E-state index in [1.54, 1.807) is 11.3 Å². The van der Waals surface area contributed by atoms with E-state index in [1.807, 2.05) is 0 Å². The highest BCUT2D eigenvalue weighted by Crippen LogP contribution is 2.14. The molecular weight excluding hydrogens is 224 g/mol. The van der Waals surface area contributed by atoms with Gasteiger partial charge in [-0.3, -0.25) is 4.90 Å². The van der Waals surface area contributed by atoms with Crippen LogP contribution >= 0.6 is 23.6 Å². The Kier molecular flexibility index (Phi) is 5.22. The van der Waals surface area contributed by atoms with Crippen molar-refractivity contribution >= 4 is 28.5 Å². The molecule has 0 aliphatic heterocycles. The molecule has 1 aromatic rings. The number of thiocarbonyl (C=S) groups is 1. The van der Waals surface area contributed by atoms with Gasteiger partial charge in [-0.15, -0.1) is 11.3 Å². The molecule has 1 unspecified atom stereocenters. The smallest absolute Gasteiger partial charge is 0.0742 e. The minimum atomic E-state index is 0.426. The van der Waals surface area contributed by atoms with Crippen LogP contribution in [0.25, 0.3) is 0 Å². The number of nitrogens with two attached hydrogens (primary N) is 1. The van der Waals surface area contributed by atoms with Gasteiger partial charge in [0.2, 0.25) is 0 Å². The first-order valence-corrected chi connectivity index (χ1v) is 6.47. The fourth-order valence-corrected chi connectivity index (χ4v) is 2.57. The summed E-state index contributed by atoms with van der Waals surface area (Å²) in [6, 6.07) is 4.68. The maximum atomic E-state index is 5.57. The van der Waals surface area contributed by atoms with Crippen molar-refractivity contribution in [2.24, 2.45) is 5.73 Å². The summed E-state index contributed by atoms with van der Waals surface area (Å²) in [4.78, 5) is 4.39. The number of hydrogen-bond donors (Lipinski definition) is 1. The largest absolute Gasteiger partial charge is 0.393 e. The van der Waals surface area contributed by atoms with E-state index < -0.39 is 0 Å². The summed E-state index contributed by atoms with van der Waals surface area (Å²) in [5.74, 6) is 0. The molecule has 1 aromatic heterocycles. The van der Waals surface area contributed by atoms with Crippen LogP contribution in [0.5, 0.6) is 0 Å². The van der Waals surface area contributed by atoms with Crippen molar-refractivity contribution in [3.63, 3.8) is 0 Å². The van der Waals surface area contributed by atoms with Crippen LogP contribution in [0.15, 0.2) is 17.5 Å². The molecule has 1 rings (SSSR count). The molecule has 0 aliphatic rings. The SMILES string of the molecule is CCN(Cc1cccs1)C(C)CC(N)=S. The van der Waals surface area contributed by atoms with Crippen LogP contribution in [0.1, 0.15) is 25.1 Å². The molecule has 1 atom stereocenters. The molecule has 0 aliphatic carbocycles. The quantitative estimate of drug-likeness (QED) is 0.778. The zero-order chi connectivity index (χ0) is 11.3. The average Bonchev–Trinajstić information content (AvgIpc) is 2.65. The summed E-state index contributed by atoms with van der Waals surface area (Å²) in [5.41, 5.74) is 5.57. The van der Waals surface area contributed by atoms with Crippen LogP contribution in [0.2, 0.25) is 0 Å². The zero-order valence-electron chi connectivity index (χ0n) is 9.27. The molecule has 0 aromatic carbocycles. The molecule has 0 saturated heterocycles. The van der Waals surface area contributed by atoms with E-state index >= 15 is 0 Å². The Bertz CT molecular complexity index is 296. The number of thiophene rings is 1. The Morgan fingerprint density at radius 2 is 2.40 bits per heavy atom. The minimum absolute atomic E-state index is 0.426. The Hall–Kier alpha value is -0.450. The Morgan fingerprint density at radius 3 is 2.87 bits per heavy atom. The summed E-state index contributed by atoms with van der Waals surface area (Å²) in [5, 5.41) is 2.11. The van der Waals surface area contributed by atoms with Gasteiger partial charge in [-0.25, -0.2) is 0 Å². The number of nitrogens with zero attached hydrogens (tertiary/aromatic N) is 1. The highest BCUT2D eigenvalue weighted by atomic mass is 32.1. The van der Waals surface area contributed by atoms with Crippen molar-refractivity contribution in [2.75, 3.05) is 6.54 Å². The third-order valence-electron chi connectivity index (χ3n) is 2.47. The molecule has 0 saturated carbocycles. The van der Waals surface area contributed by atoms with Crippen molar-refractivity contribution in [3.8, 4) is 0 Å². The van der Waals surface area contributed by atoms with Crippen LogP contribution in [0, 0.1) is 0 Å². The fourth-order valence-electron chi connectivity index (χ4n) is 1.60.